The highest BCUT2D eigenvalue weighted by Gasteiger charge is 2.09. The molecule has 23 heavy (non-hydrogen) atoms. The van der Waals surface area contributed by atoms with E-state index in [2.05, 4.69) is 13.2 Å². The van der Waals surface area contributed by atoms with Gasteiger partial charge < -0.3 is 14.6 Å². The number of carbonyl (C=O) groups is 1. The maximum atomic E-state index is 13.9. The Hall–Kier alpha value is -2.92. The van der Waals surface area contributed by atoms with E-state index in [1.807, 2.05) is 0 Å². The van der Waals surface area contributed by atoms with E-state index < -0.39 is 18.1 Å². The van der Waals surface area contributed by atoms with Gasteiger partial charge in [0, 0.05) is 6.08 Å². The number of benzene rings is 2. The molecule has 1 N–H and O–H groups in total. The molecule has 0 aliphatic heterocycles. The van der Waals surface area contributed by atoms with Crippen LogP contribution in [0.3, 0.4) is 0 Å². The van der Waals surface area contributed by atoms with Crippen LogP contribution in [-0.2, 0) is 4.79 Å². The summed E-state index contributed by atoms with van der Waals surface area (Å²) in [5, 5.41) is 9.32. The molecule has 0 fully saturated rings. The zero-order valence-corrected chi connectivity index (χ0v) is 12.2. The third-order valence-corrected chi connectivity index (χ3v) is 2.96. The van der Waals surface area contributed by atoms with Crippen molar-refractivity contribution in [3.05, 3.63) is 73.6 Å². The normalized spacial score (nSPS) is 11.4. The minimum atomic E-state index is -1.09. The van der Waals surface area contributed by atoms with Gasteiger partial charge in [-0.15, -0.1) is 0 Å². The first-order valence-corrected chi connectivity index (χ1v) is 6.75. The molecule has 5 heteroatoms. The summed E-state index contributed by atoms with van der Waals surface area (Å²) in [6, 6.07) is 11.0. The highest BCUT2D eigenvalue weighted by molar-refractivity contribution is 5.83. The molecule has 0 aromatic heterocycles. The van der Waals surface area contributed by atoms with Crippen LogP contribution in [-0.4, -0.2) is 17.4 Å². The van der Waals surface area contributed by atoms with Gasteiger partial charge in [-0.3, -0.25) is 0 Å². The molecule has 4 nitrogen and oxygen atoms in total. The zero-order chi connectivity index (χ0) is 16.8. The lowest BCUT2D eigenvalue weighted by Gasteiger charge is -2.10. The Bertz CT molecular complexity index is 722. The quantitative estimate of drug-likeness (QED) is 0.292. The number of carbonyl (C=O) groups excluding carboxylic acids is 1. The fourth-order valence-corrected chi connectivity index (χ4v) is 1.83. The van der Waals surface area contributed by atoms with Gasteiger partial charge in [0.1, 0.15) is 5.75 Å². The molecule has 2 aromatic rings. The van der Waals surface area contributed by atoms with Crippen LogP contribution in [0.1, 0.15) is 0 Å². The molecule has 0 spiro atoms. The van der Waals surface area contributed by atoms with Crippen LogP contribution in [0.4, 0.5) is 4.39 Å². The molecule has 0 aliphatic rings. The molecule has 2 rings (SSSR count). The number of rotatable bonds is 6. The summed E-state index contributed by atoms with van der Waals surface area (Å²) in [5.74, 6) is -1.08. The van der Waals surface area contributed by atoms with Gasteiger partial charge in [-0.2, -0.15) is 0 Å². The van der Waals surface area contributed by atoms with Crippen molar-refractivity contribution < 1.29 is 23.8 Å². The summed E-state index contributed by atoms with van der Waals surface area (Å²) in [6.45, 7) is 6.66. The van der Waals surface area contributed by atoms with Gasteiger partial charge in [0.05, 0.1) is 0 Å². The Labute approximate surface area is 133 Å². The van der Waals surface area contributed by atoms with Crippen molar-refractivity contribution in [1.29, 1.82) is 0 Å². The molecule has 1 atom stereocenters. The number of esters is 1. The van der Waals surface area contributed by atoms with Gasteiger partial charge >= 0.3 is 5.97 Å². The second-order valence-electron chi connectivity index (χ2n) is 4.54. The second kappa shape index (κ2) is 7.38. The number of hydrogen-bond acceptors (Lipinski definition) is 4. The minimum absolute atomic E-state index is 0.160. The standard InChI is InChI=1S/C18H15FO4/c1-3-17(20)22-14-8-5-12(6-9-14)13-7-10-16(15(19)11-13)23-18(21)4-2/h3-11,17,20H,1-2H2. The fourth-order valence-electron chi connectivity index (χ4n) is 1.83. The second-order valence-corrected chi connectivity index (χ2v) is 4.54. The lowest BCUT2D eigenvalue weighted by molar-refractivity contribution is -0.129. The van der Waals surface area contributed by atoms with E-state index in [0.29, 0.717) is 11.3 Å². The molecular weight excluding hydrogens is 299 g/mol. The van der Waals surface area contributed by atoms with E-state index in [9.17, 15) is 14.3 Å². The average molecular weight is 314 g/mol. The van der Waals surface area contributed by atoms with Gasteiger partial charge in [-0.1, -0.05) is 31.4 Å². The zero-order valence-electron chi connectivity index (χ0n) is 12.2. The van der Waals surface area contributed by atoms with Crippen molar-refractivity contribution in [2.24, 2.45) is 0 Å². The average Bonchev–Trinajstić information content (AvgIpc) is 2.57. The number of aliphatic hydroxyl groups excluding tert-OH is 1. The van der Waals surface area contributed by atoms with Crippen molar-refractivity contribution in [2.75, 3.05) is 0 Å². The first-order valence-electron chi connectivity index (χ1n) is 6.75. The summed E-state index contributed by atoms with van der Waals surface area (Å²) in [5.41, 5.74) is 1.35. The van der Waals surface area contributed by atoms with Crippen LogP contribution in [0.15, 0.2) is 67.8 Å². The van der Waals surface area contributed by atoms with E-state index in [4.69, 9.17) is 9.47 Å². The van der Waals surface area contributed by atoms with Crippen LogP contribution < -0.4 is 9.47 Å². The molecule has 0 bridgehead atoms. The molecule has 118 valence electrons. The molecule has 0 saturated heterocycles. The van der Waals surface area contributed by atoms with Crippen molar-refractivity contribution >= 4 is 5.97 Å². The van der Waals surface area contributed by atoms with E-state index in [-0.39, 0.29) is 5.75 Å². The van der Waals surface area contributed by atoms with Gasteiger partial charge in [0.2, 0.25) is 6.29 Å². The fraction of sp³-hybridized carbons (Fsp3) is 0.0556. The third kappa shape index (κ3) is 4.28. The van der Waals surface area contributed by atoms with Crippen molar-refractivity contribution in [2.45, 2.75) is 6.29 Å². The molecule has 2 aromatic carbocycles. The first-order chi connectivity index (χ1) is 11.0. The van der Waals surface area contributed by atoms with Crippen LogP contribution >= 0.6 is 0 Å². The maximum Gasteiger partial charge on any atom is 0.335 e. The monoisotopic (exact) mass is 314 g/mol. The molecular formula is C18H15FO4. The summed E-state index contributed by atoms with van der Waals surface area (Å²) in [7, 11) is 0. The lowest BCUT2D eigenvalue weighted by Crippen LogP contribution is -2.10. The Balaban J connectivity index is 2.18. The Morgan fingerprint density at radius 2 is 1.78 bits per heavy atom. The molecule has 0 saturated carbocycles. The van der Waals surface area contributed by atoms with Crippen LogP contribution in [0.5, 0.6) is 11.5 Å². The topological polar surface area (TPSA) is 55.8 Å². The molecule has 0 radical (unpaired) electrons. The highest BCUT2D eigenvalue weighted by Crippen LogP contribution is 2.27. The minimum Gasteiger partial charge on any atom is -0.461 e. The summed E-state index contributed by atoms with van der Waals surface area (Å²) >= 11 is 0. The van der Waals surface area contributed by atoms with E-state index in [1.165, 1.54) is 18.2 Å². The van der Waals surface area contributed by atoms with Crippen LogP contribution in [0.2, 0.25) is 0 Å². The SMILES string of the molecule is C=CC(=O)Oc1ccc(-c2ccc(OC(O)C=C)cc2)cc1F. The van der Waals surface area contributed by atoms with Gasteiger partial charge in [0.25, 0.3) is 0 Å². The number of aliphatic hydroxyl groups is 1. The predicted molar refractivity (Wildman–Crippen MR) is 84.5 cm³/mol. The first kappa shape index (κ1) is 16.5. The Morgan fingerprint density at radius 3 is 2.35 bits per heavy atom. The highest BCUT2D eigenvalue weighted by atomic mass is 19.1. The predicted octanol–water partition coefficient (Wildman–Crippen LogP) is 3.47. The molecule has 0 heterocycles. The largest absolute Gasteiger partial charge is 0.461 e. The Kier molecular flexibility index (Phi) is 5.28. The number of ether oxygens (including phenoxy) is 2. The molecule has 0 aliphatic carbocycles. The van der Waals surface area contributed by atoms with E-state index >= 15 is 0 Å². The van der Waals surface area contributed by atoms with Crippen molar-refractivity contribution in [1.82, 2.24) is 0 Å². The van der Waals surface area contributed by atoms with Gasteiger partial charge in [-0.25, -0.2) is 9.18 Å². The number of halogens is 1. The summed E-state index contributed by atoms with van der Waals surface area (Å²) in [6.07, 6.45) is 1.13. The van der Waals surface area contributed by atoms with Gasteiger partial charge in [0.15, 0.2) is 11.6 Å². The van der Waals surface area contributed by atoms with Crippen molar-refractivity contribution in [3.63, 3.8) is 0 Å². The summed E-state index contributed by atoms with van der Waals surface area (Å²) in [4.78, 5) is 11.1. The molecule has 0 amide bonds. The Morgan fingerprint density at radius 1 is 1.13 bits per heavy atom. The van der Waals surface area contributed by atoms with Gasteiger partial charge in [-0.05, 0) is 41.5 Å². The number of hydrogen-bond donors (Lipinski definition) is 1. The van der Waals surface area contributed by atoms with Crippen LogP contribution in [0, 0.1) is 5.82 Å². The summed E-state index contributed by atoms with van der Waals surface area (Å²) < 4.78 is 23.9. The smallest absolute Gasteiger partial charge is 0.335 e. The molecule has 1 unspecified atom stereocenters. The maximum absolute atomic E-state index is 13.9. The van der Waals surface area contributed by atoms with Crippen molar-refractivity contribution in [3.8, 4) is 22.6 Å². The van der Waals surface area contributed by atoms with Crippen LogP contribution in [0.25, 0.3) is 11.1 Å². The van der Waals surface area contributed by atoms with E-state index in [0.717, 1.165) is 11.6 Å². The lowest BCUT2D eigenvalue weighted by atomic mass is 10.1. The third-order valence-electron chi connectivity index (χ3n) is 2.96. The van der Waals surface area contributed by atoms with E-state index in [1.54, 1.807) is 30.3 Å².